The van der Waals surface area contributed by atoms with Crippen LogP contribution in [0.3, 0.4) is 0 Å². The second-order valence-corrected chi connectivity index (χ2v) is 21.8. The van der Waals surface area contributed by atoms with Gasteiger partial charge in [-0.05, 0) is 133 Å². The first-order valence-corrected chi connectivity index (χ1v) is 32.9. The molecule has 10 atom stereocenters. The second-order valence-electron chi connectivity index (χ2n) is 21.8. The lowest BCUT2D eigenvalue weighted by Gasteiger charge is -1.99. The summed E-state index contributed by atoms with van der Waals surface area (Å²) in [7, 11) is 0. The van der Waals surface area contributed by atoms with E-state index in [-0.39, 0.29) is 66.1 Å². The van der Waals surface area contributed by atoms with Crippen LogP contribution in [0.15, 0.2) is 24.3 Å². The van der Waals surface area contributed by atoms with Crippen molar-refractivity contribution >= 4 is 11.9 Å². The SMILES string of the molecule is CC(O)CO.CC(O)CO.CC(O)CO.CC(O)CO.CC(O)CO.CC(O)CO.CC(O)CO.CC(O)CO.CC(O)CO.CC(O)CO.CCCCCCCCC=CCCCCCCCC(=O)O.CCCCCCCCC=CCCCCCCCC(=O)O. The van der Waals surface area contributed by atoms with E-state index < -0.39 is 73.0 Å². The van der Waals surface area contributed by atoms with Gasteiger partial charge in [-0.3, -0.25) is 9.59 Å². The Balaban J connectivity index is -0.0000000790. The number of unbranched alkanes of at least 4 members (excludes halogenated alkanes) is 22. The van der Waals surface area contributed by atoms with Crippen molar-refractivity contribution in [3.63, 3.8) is 0 Å². The molecule has 10 unspecified atom stereocenters. The molecular formula is C66H148O24. The van der Waals surface area contributed by atoms with Crippen LogP contribution < -0.4 is 0 Å². The molecule has 0 saturated carbocycles. The molecule has 0 aliphatic heterocycles. The van der Waals surface area contributed by atoms with Gasteiger partial charge in [0.1, 0.15) is 0 Å². The summed E-state index contributed by atoms with van der Waals surface area (Å²) in [6.45, 7) is 18.4. The van der Waals surface area contributed by atoms with Crippen LogP contribution in [0.2, 0.25) is 0 Å². The summed E-state index contributed by atoms with van der Waals surface area (Å²) in [5, 5.41) is 177. The molecule has 90 heavy (non-hydrogen) atoms. The number of allylic oxidation sites excluding steroid dienone is 4. The second kappa shape index (κ2) is 111. The van der Waals surface area contributed by atoms with Crippen molar-refractivity contribution < 1.29 is 122 Å². The van der Waals surface area contributed by atoms with Crippen molar-refractivity contribution in [2.75, 3.05) is 66.1 Å². The van der Waals surface area contributed by atoms with Gasteiger partial charge in [0.25, 0.3) is 0 Å². The maximum atomic E-state index is 10.3. The third kappa shape index (κ3) is 230. The fourth-order valence-corrected chi connectivity index (χ4v) is 4.69. The smallest absolute Gasteiger partial charge is 0.303 e. The quantitative estimate of drug-likeness (QED) is 0.0254. The zero-order valence-electron chi connectivity index (χ0n) is 58.6. The Bertz CT molecular complexity index is 1020. The monoisotopic (exact) mass is 1330 g/mol. The Hall–Kier alpha value is -2.38. The van der Waals surface area contributed by atoms with Gasteiger partial charge in [0, 0.05) is 12.8 Å². The molecular weight excluding hydrogens is 1180 g/mol. The molecule has 0 aliphatic carbocycles. The Morgan fingerprint density at radius 1 is 0.233 bits per heavy atom. The van der Waals surface area contributed by atoms with E-state index in [9.17, 15) is 9.59 Å². The number of hydrogen-bond acceptors (Lipinski definition) is 22. The number of aliphatic hydroxyl groups is 20. The molecule has 0 aromatic heterocycles. The molecule has 0 aromatic carbocycles. The highest BCUT2D eigenvalue weighted by Gasteiger charge is 1.98. The van der Waals surface area contributed by atoms with Crippen molar-refractivity contribution in [1.82, 2.24) is 0 Å². The van der Waals surface area contributed by atoms with Crippen LogP contribution >= 0.6 is 0 Å². The van der Waals surface area contributed by atoms with Crippen LogP contribution in [-0.2, 0) is 9.59 Å². The Morgan fingerprint density at radius 3 is 0.456 bits per heavy atom. The van der Waals surface area contributed by atoms with E-state index in [2.05, 4.69) is 38.2 Å². The summed E-state index contributed by atoms with van der Waals surface area (Å²) in [6.07, 6.45) is 36.9. The molecule has 0 heterocycles. The molecule has 0 fully saturated rings. The van der Waals surface area contributed by atoms with E-state index in [1.807, 2.05) is 0 Å². The molecule has 0 spiro atoms. The molecule has 22 N–H and O–H groups in total. The Kier molecular flexibility index (Phi) is 142. The summed E-state index contributed by atoms with van der Waals surface area (Å²) < 4.78 is 0. The third-order valence-electron chi connectivity index (χ3n) is 9.95. The number of aliphatic hydroxyl groups excluding tert-OH is 20. The number of carboxylic acids is 2. The van der Waals surface area contributed by atoms with Gasteiger partial charge in [-0.15, -0.1) is 0 Å². The van der Waals surface area contributed by atoms with E-state index in [0.29, 0.717) is 12.8 Å². The van der Waals surface area contributed by atoms with E-state index in [1.54, 1.807) is 0 Å². The molecule has 556 valence electrons. The van der Waals surface area contributed by atoms with Crippen LogP contribution in [0.25, 0.3) is 0 Å². The minimum atomic E-state index is -0.664. The largest absolute Gasteiger partial charge is 0.481 e. The van der Waals surface area contributed by atoms with Crippen LogP contribution in [-0.4, -0.2) is 251 Å². The van der Waals surface area contributed by atoms with Crippen LogP contribution in [0, 0.1) is 0 Å². The first-order valence-electron chi connectivity index (χ1n) is 32.9. The highest BCUT2D eigenvalue weighted by atomic mass is 16.4. The van der Waals surface area contributed by atoms with Gasteiger partial charge in [-0.2, -0.15) is 0 Å². The normalized spacial score (nSPS) is 13.3. The molecule has 24 heteroatoms. The van der Waals surface area contributed by atoms with Crippen LogP contribution in [0.5, 0.6) is 0 Å². The standard InChI is InChI=1S/2C18H34O2.10C3H8O2/c2*1-2-3-4-5-6-7-8-9-10-11-12-13-14-15-16-17-18(19)20;10*1-3(5)2-4/h2*9-10H,2-8,11-17H2,1H3,(H,19,20);10*3-5H,2H2,1H3. The Labute approximate surface area is 546 Å². The minimum absolute atomic E-state index is 0.139. The molecule has 24 nitrogen and oxygen atoms in total. The van der Waals surface area contributed by atoms with Crippen molar-refractivity contribution in [1.29, 1.82) is 0 Å². The lowest BCUT2D eigenvalue weighted by molar-refractivity contribution is -0.138. The average molecular weight is 1330 g/mol. The fraction of sp³-hybridized carbons (Fsp3) is 0.909. The summed E-state index contributed by atoms with van der Waals surface area (Å²) in [5.74, 6) is -1.33. The number of carbonyl (C=O) groups is 2. The molecule has 0 bridgehead atoms. The highest BCUT2D eigenvalue weighted by Crippen LogP contribution is 2.11. The maximum Gasteiger partial charge on any atom is 0.303 e. The van der Waals surface area contributed by atoms with E-state index in [4.69, 9.17) is 112 Å². The van der Waals surface area contributed by atoms with Gasteiger partial charge in [0.15, 0.2) is 0 Å². The molecule has 0 aromatic rings. The minimum Gasteiger partial charge on any atom is -0.481 e. The van der Waals surface area contributed by atoms with Crippen molar-refractivity contribution in [2.24, 2.45) is 0 Å². The Morgan fingerprint density at radius 2 is 0.344 bits per heavy atom. The first-order chi connectivity index (χ1) is 42.2. The maximum absolute atomic E-state index is 10.3. The van der Waals surface area contributed by atoms with Gasteiger partial charge in [-0.25, -0.2) is 0 Å². The summed E-state index contributed by atoms with van der Waals surface area (Å²) in [5.41, 5.74) is 0. The van der Waals surface area contributed by atoms with Crippen molar-refractivity contribution in [2.45, 2.75) is 324 Å². The number of aliphatic carboxylic acids is 2. The number of rotatable bonds is 40. The molecule has 0 amide bonds. The zero-order chi connectivity index (χ0) is 72.6. The number of hydrogen-bond donors (Lipinski definition) is 22. The van der Waals surface area contributed by atoms with Gasteiger partial charge >= 0.3 is 11.9 Å². The third-order valence-corrected chi connectivity index (χ3v) is 9.95. The van der Waals surface area contributed by atoms with Gasteiger partial charge in [0.2, 0.25) is 0 Å². The first kappa shape index (κ1) is 115. The molecule has 0 rings (SSSR count). The van der Waals surface area contributed by atoms with Crippen LogP contribution in [0.1, 0.15) is 263 Å². The fourth-order valence-electron chi connectivity index (χ4n) is 4.69. The topological polar surface area (TPSA) is 479 Å². The highest BCUT2D eigenvalue weighted by molar-refractivity contribution is 5.66. The van der Waals surface area contributed by atoms with Crippen molar-refractivity contribution in [3.8, 4) is 0 Å². The van der Waals surface area contributed by atoms with Gasteiger partial charge in [0.05, 0.1) is 127 Å². The number of carboxylic acid groups (broad SMARTS) is 2. The zero-order valence-corrected chi connectivity index (χ0v) is 58.6. The van der Waals surface area contributed by atoms with E-state index >= 15 is 0 Å². The van der Waals surface area contributed by atoms with E-state index in [1.165, 1.54) is 210 Å². The van der Waals surface area contributed by atoms with E-state index in [0.717, 1.165) is 25.7 Å². The lowest BCUT2D eigenvalue weighted by Crippen LogP contribution is -2.03. The summed E-state index contributed by atoms with van der Waals surface area (Å²) >= 11 is 0. The predicted octanol–water partition coefficient (Wildman–Crippen LogP) is 5.81. The summed E-state index contributed by atoms with van der Waals surface area (Å²) in [4.78, 5) is 20.6. The molecule has 0 saturated heterocycles. The van der Waals surface area contributed by atoms with Gasteiger partial charge < -0.3 is 112 Å². The van der Waals surface area contributed by atoms with Crippen LogP contribution in [0.4, 0.5) is 0 Å². The predicted molar refractivity (Wildman–Crippen MR) is 362 cm³/mol. The summed E-state index contributed by atoms with van der Waals surface area (Å²) in [6, 6.07) is 0. The molecule has 0 aliphatic rings. The van der Waals surface area contributed by atoms with Crippen molar-refractivity contribution in [3.05, 3.63) is 24.3 Å². The molecule has 0 radical (unpaired) electrons. The van der Waals surface area contributed by atoms with Gasteiger partial charge in [-0.1, -0.05) is 141 Å². The lowest BCUT2D eigenvalue weighted by atomic mass is 10.1. The average Bonchev–Trinajstić information content (AvgIpc) is 3.50.